The number of urea groups is 1. The minimum Gasteiger partial charge on any atom is -0.465 e. The first kappa shape index (κ1) is 16.3. The average molecular weight is 306 g/mol. The number of anilines is 1. The fraction of sp³-hybridized carbons (Fsp3) is 0.500. The molecule has 1 fully saturated rings. The first-order valence-corrected chi connectivity index (χ1v) is 7.44. The fourth-order valence-electron chi connectivity index (χ4n) is 2.69. The number of carbonyl (C=O) groups excluding carboxylic acids is 2. The number of hydrogen-bond acceptors (Lipinski definition) is 4. The monoisotopic (exact) mass is 306 g/mol. The highest BCUT2D eigenvalue weighted by atomic mass is 16.5. The van der Waals surface area contributed by atoms with Gasteiger partial charge in [0.1, 0.15) is 0 Å². The summed E-state index contributed by atoms with van der Waals surface area (Å²) in [6.07, 6.45) is 2.80. The van der Waals surface area contributed by atoms with Crippen molar-refractivity contribution in [3.8, 4) is 0 Å². The lowest BCUT2D eigenvalue weighted by molar-refractivity contribution is 0.0600. The number of hydrogen-bond donors (Lipinski definition) is 2. The van der Waals surface area contributed by atoms with Crippen molar-refractivity contribution in [1.29, 1.82) is 0 Å². The third-order valence-electron chi connectivity index (χ3n) is 3.99. The number of benzene rings is 1. The van der Waals surface area contributed by atoms with Crippen LogP contribution in [-0.4, -0.2) is 48.3 Å². The van der Waals surface area contributed by atoms with E-state index in [2.05, 4.69) is 10.1 Å². The van der Waals surface area contributed by atoms with Crippen molar-refractivity contribution in [1.82, 2.24) is 4.90 Å². The molecule has 1 heterocycles. The number of ether oxygens (including phenoxy) is 1. The molecule has 1 atom stereocenters. The summed E-state index contributed by atoms with van der Waals surface area (Å²) >= 11 is 0. The van der Waals surface area contributed by atoms with E-state index in [0.717, 1.165) is 24.8 Å². The van der Waals surface area contributed by atoms with Gasteiger partial charge in [-0.2, -0.15) is 0 Å². The molecular formula is C16H22N2O4. The lowest BCUT2D eigenvalue weighted by Crippen LogP contribution is -2.47. The van der Waals surface area contributed by atoms with Gasteiger partial charge in [0, 0.05) is 12.2 Å². The van der Waals surface area contributed by atoms with E-state index in [-0.39, 0.29) is 18.7 Å². The van der Waals surface area contributed by atoms with Crippen molar-refractivity contribution in [2.24, 2.45) is 0 Å². The second kappa shape index (κ2) is 7.26. The van der Waals surface area contributed by atoms with Crippen LogP contribution < -0.4 is 5.32 Å². The molecule has 1 aromatic carbocycles. The number of piperidine rings is 1. The van der Waals surface area contributed by atoms with E-state index in [1.165, 1.54) is 7.11 Å². The average Bonchev–Trinajstić information content (AvgIpc) is 2.55. The molecule has 1 aliphatic rings. The minimum atomic E-state index is -0.405. The maximum atomic E-state index is 12.4. The van der Waals surface area contributed by atoms with Crippen LogP contribution in [0.3, 0.4) is 0 Å². The Hall–Kier alpha value is -2.08. The van der Waals surface area contributed by atoms with Gasteiger partial charge in [-0.3, -0.25) is 0 Å². The topological polar surface area (TPSA) is 78.9 Å². The summed E-state index contributed by atoms with van der Waals surface area (Å²) in [4.78, 5) is 25.5. The lowest BCUT2D eigenvalue weighted by Gasteiger charge is -2.34. The molecule has 1 unspecified atom stereocenters. The standard InChI is InChI=1S/C16H22N2O4/c1-11-9-12(15(20)22-2)6-7-14(11)17-16(21)18-8-4-3-5-13(18)10-19/h6-7,9,13,19H,3-5,8,10H2,1-2H3,(H,17,21). The maximum Gasteiger partial charge on any atom is 0.337 e. The zero-order valence-corrected chi connectivity index (χ0v) is 13.0. The molecule has 6 heteroatoms. The van der Waals surface area contributed by atoms with Crippen LogP contribution in [-0.2, 0) is 4.74 Å². The van der Waals surface area contributed by atoms with E-state index in [4.69, 9.17) is 0 Å². The summed E-state index contributed by atoms with van der Waals surface area (Å²) in [6.45, 7) is 2.45. The normalized spacial score (nSPS) is 18.0. The number of aliphatic hydroxyl groups is 1. The number of nitrogens with zero attached hydrogens (tertiary/aromatic N) is 1. The van der Waals surface area contributed by atoms with Gasteiger partial charge >= 0.3 is 12.0 Å². The van der Waals surface area contributed by atoms with Crippen LogP contribution >= 0.6 is 0 Å². The van der Waals surface area contributed by atoms with Gasteiger partial charge in [0.2, 0.25) is 0 Å². The molecule has 22 heavy (non-hydrogen) atoms. The zero-order chi connectivity index (χ0) is 16.1. The van der Waals surface area contributed by atoms with Gasteiger partial charge in [0.15, 0.2) is 0 Å². The molecule has 0 aliphatic carbocycles. The van der Waals surface area contributed by atoms with E-state index >= 15 is 0 Å². The van der Waals surface area contributed by atoms with Gasteiger partial charge < -0.3 is 20.1 Å². The Kier molecular flexibility index (Phi) is 5.38. The Labute approximate surface area is 130 Å². The molecule has 6 nitrogen and oxygen atoms in total. The van der Waals surface area contributed by atoms with Crippen molar-refractivity contribution in [3.05, 3.63) is 29.3 Å². The van der Waals surface area contributed by atoms with E-state index < -0.39 is 5.97 Å². The largest absolute Gasteiger partial charge is 0.465 e. The Balaban J connectivity index is 2.09. The summed E-state index contributed by atoms with van der Waals surface area (Å²) in [6, 6.07) is 4.66. The Morgan fingerprint density at radius 2 is 2.18 bits per heavy atom. The summed E-state index contributed by atoms with van der Waals surface area (Å²) < 4.78 is 4.67. The number of esters is 1. The Morgan fingerprint density at radius 1 is 1.41 bits per heavy atom. The van der Waals surface area contributed by atoms with E-state index in [0.29, 0.717) is 17.8 Å². The quantitative estimate of drug-likeness (QED) is 0.839. The van der Waals surface area contributed by atoms with Gasteiger partial charge in [-0.05, 0) is 49.9 Å². The molecule has 120 valence electrons. The van der Waals surface area contributed by atoms with Crippen molar-refractivity contribution in [3.63, 3.8) is 0 Å². The fourth-order valence-corrected chi connectivity index (χ4v) is 2.69. The molecule has 0 spiro atoms. The minimum absolute atomic E-state index is 0.0202. The molecule has 0 bridgehead atoms. The number of rotatable bonds is 3. The highest BCUT2D eigenvalue weighted by Gasteiger charge is 2.26. The highest BCUT2D eigenvalue weighted by Crippen LogP contribution is 2.21. The highest BCUT2D eigenvalue weighted by molar-refractivity contribution is 5.93. The molecule has 0 aromatic heterocycles. The van der Waals surface area contributed by atoms with Crippen LogP contribution in [0.4, 0.5) is 10.5 Å². The molecule has 2 N–H and O–H groups in total. The number of carbonyl (C=O) groups is 2. The molecule has 2 rings (SSSR count). The third kappa shape index (κ3) is 3.57. The SMILES string of the molecule is COC(=O)c1ccc(NC(=O)N2CCCCC2CO)c(C)c1. The van der Waals surface area contributed by atoms with Crippen molar-refractivity contribution < 1.29 is 19.4 Å². The third-order valence-corrected chi connectivity index (χ3v) is 3.99. The van der Waals surface area contributed by atoms with E-state index in [1.54, 1.807) is 23.1 Å². The second-order valence-corrected chi connectivity index (χ2v) is 5.48. The van der Waals surface area contributed by atoms with Gasteiger partial charge in [-0.1, -0.05) is 0 Å². The van der Waals surface area contributed by atoms with Gasteiger partial charge in [0.25, 0.3) is 0 Å². The van der Waals surface area contributed by atoms with Crippen LogP contribution in [0.5, 0.6) is 0 Å². The van der Waals surface area contributed by atoms with Crippen molar-refractivity contribution in [2.45, 2.75) is 32.2 Å². The summed E-state index contributed by atoms with van der Waals surface area (Å²) in [5, 5.41) is 12.2. The summed E-state index contributed by atoms with van der Waals surface area (Å²) in [5.74, 6) is -0.405. The van der Waals surface area contributed by atoms with Gasteiger partial charge in [0.05, 0.1) is 25.3 Å². The number of aryl methyl sites for hydroxylation is 1. The number of likely N-dealkylation sites (tertiary alicyclic amines) is 1. The second-order valence-electron chi connectivity index (χ2n) is 5.48. The first-order chi connectivity index (χ1) is 10.6. The maximum absolute atomic E-state index is 12.4. The van der Waals surface area contributed by atoms with Crippen LogP contribution in [0.25, 0.3) is 0 Å². The van der Waals surface area contributed by atoms with Gasteiger partial charge in [-0.15, -0.1) is 0 Å². The van der Waals surface area contributed by atoms with Gasteiger partial charge in [-0.25, -0.2) is 9.59 Å². The predicted molar refractivity (Wildman–Crippen MR) is 83.0 cm³/mol. The number of amides is 2. The van der Waals surface area contributed by atoms with Crippen LogP contribution in [0.2, 0.25) is 0 Å². The van der Waals surface area contributed by atoms with Crippen molar-refractivity contribution in [2.75, 3.05) is 25.6 Å². The zero-order valence-electron chi connectivity index (χ0n) is 13.0. The number of aliphatic hydroxyl groups excluding tert-OH is 1. The molecule has 0 radical (unpaired) electrons. The Bertz CT molecular complexity index is 559. The van der Waals surface area contributed by atoms with Crippen LogP contribution in [0.15, 0.2) is 18.2 Å². The molecule has 0 saturated carbocycles. The van der Waals surface area contributed by atoms with Crippen LogP contribution in [0, 0.1) is 6.92 Å². The summed E-state index contributed by atoms with van der Waals surface area (Å²) in [7, 11) is 1.33. The smallest absolute Gasteiger partial charge is 0.337 e. The Morgan fingerprint density at radius 3 is 2.82 bits per heavy atom. The first-order valence-electron chi connectivity index (χ1n) is 7.44. The van der Waals surface area contributed by atoms with E-state index in [9.17, 15) is 14.7 Å². The molecule has 1 saturated heterocycles. The predicted octanol–water partition coefficient (Wildman–Crippen LogP) is 2.16. The van der Waals surface area contributed by atoms with Crippen molar-refractivity contribution >= 4 is 17.7 Å². The molecule has 1 aliphatic heterocycles. The van der Waals surface area contributed by atoms with Crippen LogP contribution in [0.1, 0.15) is 35.2 Å². The molecular weight excluding hydrogens is 284 g/mol. The molecule has 1 aromatic rings. The lowest BCUT2D eigenvalue weighted by atomic mass is 10.0. The summed E-state index contributed by atoms with van der Waals surface area (Å²) in [5.41, 5.74) is 1.89. The number of nitrogens with one attached hydrogen (secondary N) is 1. The van der Waals surface area contributed by atoms with E-state index in [1.807, 2.05) is 6.92 Å². The number of methoxy groups -OCH3 is 1. The molecule has 2 amide bonds.